The predicted molar refractivity (Wildman–Crippen MR) is 102 cm³/mol. The van der Waals surface area contributed by atoms with Gasteiger partial charge in [0, 0.05) is 28.2 Å². The highest BCUT2D eigenvalue weighted by Gasteiger charge is 2.14. The quantitative estimate of drug-likeness (QED) is 0.641. The third-order valence-corrected chi connectivity index (χ3v) is 4.67. The van der Waals surface area contributed by atoms with E-state index in [2.05, 4.69) is 23.0 Å². The Kier molecular flexibility index (Phi) is 4.01. The summed E-state index contributed by atoms with van der Waals surface area (Å²) in [6, 6.07) is 11.9. The van der Waals surface area contributed by atoms with Crippen LogP contribution in [0, 0.1) is 13.8 Å². The van der Waals surface area contributed by atoms with Crippen LogP contribution in [-0.2, 0) is 0 Å². The third kappa shape index (κ3) is 2.66. The fourth-order valence-electron chi connectivity index (χ4n) is 3.42. The fourth-order valence-corrected chi connectivity index (χ4v) is 3.42. The Bertz CT molecular complexity index is 1230. The number of fused-ring (bicyclic) bond motifs is 1. The van der Waals surface area contributed by atoms with Gasteiger partial charge in [-0.25, -0.2) is 4.99 Å². The number of nitrogens with one attached hydrogen (secondary N) is 2. The van der Waals surface area contributed by atoms with E-state index in [1.807, 2.05) is 43.3 Å². The molecule has 26 heavy (non-hydrogen) atoms. The number of aliphatic hydroxyl groups excluding tert-OH is 1. The second-order valence-corrected chi connectivity index (χ2v) is 6.47. The lowest BCUT2D eigenvalue weighted by molar-refractivity contribution is 0.351. The molecule has 0 unspecified atom stereocenters. The molecule has 0 radical (unpaired) electrons. The van der Waals surface area contributed by atoms with Gasteiger partial charge in [-0.2, -0.15) is 0 Å². The Hall–Kier alpha value is -3.05. The fraction of sp³-hybridized carbons (Fsp3) is 0.190. The van der Waals surface area contributed by atoms with Gasteiger partial charge in [0.05, 0.1) is 35.5 Å². The molecule has 0 saturated carbocycles. The lowest BCUT2D eigenvalue weighted by Gasteiger charge is -1.97. The zero-order chi connectivity index (χ0) is 18.3. The summed E-state index contributed by atoms with van der Waals surface area (Å²) in [6.45, 7) is 4.04. The maximum atomic E-state index is 9.88. The van der Waals surface area contributed by atoms with E-state index in [1.165, 1.54) is 5.56 Å². The number of hydrogen-bond acceptors (Lipinski definition) is 3. The van der Waals surface area contributed by atoms with Crippen molar-refractivity contribution in [1.82, 2.24) is 9.97 Å². The molecule has 1 aliphatic rings. The van der Waals surface area contributed by atoms with Crippen LogP contribution in [0.1, 0.15) is 17.0 Å². The van der Waals surface area contributed by atoms with E-state index < -0.39 is 0 Å². The third-order valence-electron chi connectivity index (χ3n) is 4.67. The molecule has 1 aliphatic heterocycles. The van der Waals surface area contributed by atoms with Gasteiger partial charge in [-0.3, -0.25) is 0 Å². The topological polar surface area (TPSA) is 73.4 Å². The number of H-pyrrole nitrogens is 2. The summed E-state index contributed by atoms with van der Waals surface area (Å²) in [7, 11) is 1.65. The molecule has 4 rings (SSSR count). The van der Waals surface area contributed by atoms with Crippen LogP contribution < -0.4 is 26.0 Å². The predicted octanol–water partition coefficient (Wildman–Crippen LogP) is 0.382. The molecular formula is C21H21N3O2. The molecule has 5 nitrogen and oxygen atoms in total. The van der Waals surface area contributed by atoms with Crippen molar-refractivity contribution in [3.63, 3.8) is 0 Å². The summed E-state index contributed by atoms with van der Waals surface area (Å²) in [5, 5.41) is 13.4. The molecule has 1 aromatic carbocycles. The minimum absolute atomic E-state index is 0.0643. The van der Waals surface area contributed by atoms with Crippen molar-refractivity contribution in [2.24, 2.45) is 4.99 Å². The number of aromatic amines is 2. The van der Waals surface area contributed by atoms with Crippen LogP contribution in [0.25, 0.3) is 17.3 Å². The zero-order valence-electron chi connectivity index (χ0n) is 15.1. The summed E-state index contributed by atoms with van der Waals surface area (Å²) in [6.07, 6.45) is 2.03. The number of nitrogens with zero attached hydrogens (tertiary/aromatic N) is 1. The largest absolute Gasteiger partial charge is 0.494 e. The van der Waals surface area contributed by atoms with Crippen LogP contribution in [-0.4, -0.2) is 28.8 Å². The minimum atomic E-state index is -0.0643. The molecule has 3 aromatic rings. The Morgan fingerprint density at radius 1 is 1.15 bits per heavy atom. The van der Waals surface area contributed by atoms with Gasteiger partial charge >= 0.3 is 0 Å². The van der Waals surface area contributed by atoms with Crippen molar-refractivity contribution < 1.29 is 9.84 Å². The highest BCUT2D eigenvalue weighted by molar-refractivity contribution is 5.89. The lowest BCUT2D eigenvalue weighted by Crippen LogP contribution is -2.23. The summed E-state index contributed by atoms with van der Waals surface area (Å²) in [5.41, 5.74) is 4.91. The average Bonchev–Trinajstić information content (AvgIpc) is 3.29. The Balaban J connectivity index is 1.98. The van der Waals surface area contributed by atoms with Gasteiger partial charge in [0.2, 0.25) is 0 Å². The molecule has 5 heteroatoms. The molecule has 0 aliphatic carbocycles. The second kappa shape index (κ2) is 6.35. The molecule has 132 valence electrons. The summed E-state index contributed by atoms with van der Waals surface area (Å²) < 4.78 is 5.55. The maximum Gasteiger partial charge on any atom is 0.144 e. The number of rotatable bonds is 3. The van der Waals surface area contributed by atoms with Gasteiger partial charge in [0.1, 0.15) is 5.75 Å². The van der Waals surface area contributed by atoms with Crippen molar-refractivity contribution in [1.29, 1.82) is 0 Å². The SMILES string of the molecule is COc1cc(=C2N=c3ccccc3=C2CO)[nH]c1=Cc1[nH]c(C)cc1C. The lowest BCUT2D eigenvalue weighted by atomic mass is 10.1. The summed E-state index contributed by atoms with van der Waals surface area (Å²) >= 11 is 0. The van der Waals surface area contributed by atoms with E-state index in [0.29, 0.717) is 0 Å². The molecule has 2 aromatic heterocycles. The number of aryl methyl sites for hydroxylation is 2. The Morgan fingerprint density at radius 3 is 2.65 bits per heavy atom. The first-order valence-corrected chi connectivity index (χ1v) is 8.54. The standard InChI is InChI=1S/C21H21N3O2/c1-12-8-13(2)22-17(12)9-18-20(26-3)10-19(23-18)21-15(11-25)14-6-4-5-7-16(14)24-21/h4-10,22-23,25H,11H2,1-3H3. The van der Waals surface area contributed by atoms with Crippen molar-refractivity contribution in [3.8, 4) is 5.75 Å². The first-order valence-electron chi connectivity index (χ1n) is 8.54. The van der Waals surface area contributed by atoms with Crippen molar-refractivity contribution in [2.75, 3.05) is 13.7 Å². The number of methoxy groups -OCH3 is 1. The average molecular weight is 347 g/mol. The van der Waals surface area contributed by atoms with Crippen molar-refractivity contribution in [3.05, 3.63) is 74.6 Å². The molecule has 0 atom stereocenters. The van der Waals surface area contributed by atoms with E-state index in [0.717, 1.165) is 49.7 Å². The maximum absolute atomic E-state index is 9.88. The number of para-hydroxylation sites is 1. The first kappa shape index (κ1) is 16.4. The monoisotopic (exact) mass is 347 g/mol. The molecule has 0 saturated heterocycles. The minimum Gasteiger partial charge on any atom is -0.494 e. The van der Waals surface area contributed by atoms with Crippen LogP contribution >= 0.6 is 0 Å². The molecular weight excluding hydrogens is 326 g/mol. The Morgan fingerprint density at radius 2 is 1.96 bits per heavy atom. The smallest absolute Gasteiger partial charge is 0.144 e. The molecule has 0 fully saturated rings. The number of hydrogen-bond donors (Lipinski definition) is 3. The first-order chi connectivity index (χ1) is 12.6. The molecule has 3 N–H and O–H groups in total. The van der Waals surface area contributed by atoms with Gasteiger partial charge < -0.3 is 19.8 Å². The number of aromatic nitrogens is 2. The van der Waals surface area contributed by atoms with Crippen LogP contribution in [0.15, 0.2) is 41.4 Å². The summed E-state index contributed by atoms with van der Waals surface area (Å²) in [4.78, 5) is 11.4. The summed E-state index contributed by atoms with van der Waals surface area (Å²) in [5.74, 6) is 0.739. The Labute approximate surface area is 150 Å². The molecule has 3 heterocycles. The van der Waals surface area contributed by atoms with E-state index >= 15 is 0 Å². The van der Waals surface area contributed by atoms with Gasteiger partial charge in [-0.1, -0.05) is 18.2 Å². The van der Waals surface area contributed by atoms with Gasteiger partial charge in [-0.15, -0.1) is 0 Å². The van der Waals surface area contributed by atoms with Crippen molar-refractivity contribution in [2.45, 2.75) is 13.8 Å². The molecule has 0 spiro atoms. The highest BCUT2D eigenvalue weighted by atomic mass is 16.5. The zero-order valence-corrected chi connectivity index (χ0v) is 15.1. The van der Waals surface area contributed by atoms with Crippen LogP contribution in [0.2, 0.25) is 0 Å². The molecule has 0 bridgehead atoms. The number of aliphatic hydroxyl groups is 1. The van der Waals surface area contributed by atoms with Crippen LogP contribution in [0.4, 0.5) is 0 Å². The van der Waals surface area contributed by atoms with E-state index in [9.17, 15) is 5.11 Å². The van der Waals surface area contributed by atoms with Crippen molar-refractivity contribution >= 4 is 17.3 Å². The second-order valence-electron chi connectivity index (χ2n) is 6.47. The molecule has 0 amide bonds. The highest BCUT2D eigenvalue weighted by Crippen LogP contribution is 2.14. The number of ether oxygens (including phenoxy) is 1. The van der Waals surface area contributed by atoms with Crippen LogP contribution in [0.5, 0.6) is 5.75 Å². The van der Waals surface area contributed by atoms with Gasteiger partial charge in [-0.05, 0) is 37.6 Å². The van der Waals surface area contributed by atoms with E-state index in [4.69, 9.17) is 9.73 Å². The van der Waals surface area contributed by atoms with E-state index in [-0.39, 0.29) is 6.61 Å². The van der Waals surface area contributed by atoms with E-state index in [1.54, 1.807) is 7.11 Å². The number of benzene rings is 1. The van der Waals surface area contributed by atoms with Gasteiger partial charge in [0.25, 0.3) is 0 Å². The van der Waals surface area contributed by atoms with Gasteiger partial charge in [0.15, 0.2) is 0 Å². The van der Waals surface area contributed by atoms with Crippen LogP contribution in [0.3, 0.4) is 0 Å². The normalized spacial score (nSPS) is 16.0.